The van der Waals surface area contributed by atoms with E-state index in [-0.39, 0.29) is 33.5 Å². The van der Waals surface area contributed by atoms with Crippen LogP contribution < -0.4 is 10.9 Å². The lowest BCUT2D eigenvalue weighted by molar-refractivity contribution is 0.472. The predicted octanol–water partition coefficient (Wildman–Crippen LogP) is 3.02. The minimum atomic E-state index is -4.18. The molecule has 4 rings (SSSR count). The summed E-state index contributed by atoms with van der Waals surface area (Å²) < 4.78 is 30.6. The third-order valence-corrected chi connectivity index (χ3v) is 6.37. The second-order valence-electron chi connectivity index (χ2n) is 7.57. The fourth-order valence-corrected chi connectivity index (χ4v) is 4.63. The average Bonchev–Trinajstić information content (AvgIpc) is 2.68. The van der Waals surface area contributed by atoms with Crippen molar-refractivity contribution < 1.29 is 18.6 Å². The van der Waals surface area contributed by atoms with Crippen molar-refractivity contribution in [3.8, 4) is 11.5 Å². The fourth-order valence-electron chi connectivity index (χ4n) is 3.49. The van der Waals surface area contributed by atoms with Crippen LogP contribution in [0.25, 0.3) is 10.9 Å². The lowest BCUT2D eigenvalue weighted by Crippen LogP contribution is -2.33. The van der Waals surface area contributed by atoms with E-state index < -0.39 is 15.6 Å². The van der Waals surface area contributed by atoms with E-state index in [4.69, 9.17) is 0 Å². The molecule has 2 aromatic carbocycles. The van der Waals surface area contributed by atoms with Gasteiger partial charge >= 0.3 is 0 Å². The molecule has 0 unspecified atom stereocenters. The van der Waals surface area contributed by atoms with E-state index >= 15 is 0 Å². The molecule has 0 saturated carbocycles. The van der Waals surface area contributed by atoms with Crippen LogP contribution in [0.4, 0.5) is 5.69 Å². The van der Waals surface area contributed by atoms with E-state index in [1.165, 1.54) is 22.8 Å². The van der Waals surface area contributed by atoms with Crippen molar-refractivity contribution in [2.24, 2.45) is 10.3 Å². The van der Waals surface area contributed by atoms with Gasteiger partial charge in [0, 0.05) is 11.9 Å². The number of anilines is 1. The van der Waals surface area contributed by atoms with E-state index in [1.807, 2.05) is 13.8 Å². The summed E-state index contributed by atoms with van der Waals surface area (Å²) >= 11 is 0. The molecule has 1 aromatic heterocycles. The van der Waals surface area contributed by atoms with Gasteiger partial charge in [-0.3, -0.25) is 4.79 Å². The second kappa shape index (κ2) is 7.17. The maximum Gasteiger partial charge on any atom is 0.286 e. The number of para-hydroxylation sites is 2. The number of aromatic hydroxyl groups is 2. The topological polar surface area (TPSA) is 121 Å². The number of hydrogen-bond acceptors (Lipinski definition) is 6. The van der Waals surface area contributed by atoms with Crippen LogP contribution in [0.15, 0.2) is 56.6 Å². The van der Waals surface area contributed by atoms with Gasteiger partial charge in [-0.05, 0) is 36.6 Å². The highest BCUT2D eigenvalue weighted by atomic mass is 32.2. The Balaban J connectivity index is 1.99. The van der Waals surface area contributed by atoms with Crippen LogP contribution in [-0.2, 0) is 16.6 Å². The molecule has 3 aromatic rings. The first-order valence-electron chi connectivity index (χ1n) is 9.49. The Morgan fingerprint density at radius 2 is 1.83 bits per heavy atom. The summed E-state index contributed by atoms with van der Waals surface area (Å²) in [7, 11) is -4.18. The SMILES string of the molecule is CC(C)CCn1c(=O)c(C2=NS(=O)(=O)c3cccc(O)c3N2)c(O)c2ccccc21. The van der Waals surface area contributed by atoms with Gasteiger partial charge in [-0.15, -0.1) is 4.40 Å². The summed E-state index contributed by atoms with van der Waals surface area (Å²) in [5.41, 5.74) is -0.350. The highest BCUT2D eigenvalue weighted by molar-refractivity contribution is 7.90. The van der Waals surface area contributed by atoms with Crippen LogP contribution >= 0.6 is 0 Å². The van der Waals surface area contributed by atoms with E-state index in [9.17, 15) is 23.4 Å². The number of hydrogen-bond donors (Lipinski definition) is 3. The van der Waals surface area contributed by atoms with Crippen molar-refractivity contribution in [1.29, 1.82) is 0 Å². The summed E-state index contributed by atoms with van der Waals surface area (Å²) in [6.45, 7) is 4.47. The van der Waals surface area contributed by atoms with Gasteiger partial charge in [-0.1, -0.05) is 32.0 Å². The van der Waals surface area contributed by atoms with Gasteiger partial charge in [-0.25, -0.2) is 0 Å². The third-order valence-electron chi connectivity index (χ3n) is 5.05. The van der Waals surface area contributed by atoms with Crippen molar-refractivity contribution in [2.75, 3.05) is 5.32 Å². The molecular formula is C21H21N3O5S. The van der Waals surface area contributed by atoms with Gasteiger partial charge in [0.2, 0.25) is 0 Å². The molecule has 3 N–H and O–H groups in total. The second-order valence-corrected chi connectivity index (χ2v) is 9.14. The summed E-state index contributed by atoms with van der Waals surface area (Å²) in [5, 5.41) is 24.1. The number of fused-ring (bicyclic) bond motifs is 2. The van der Waals surface area contributed by atoms with Gasteiger partial charge in [0.05, 0.1) is 5.52 Å². The molecule has 9 heteroatoms. The minimum absolute atomic E-state index is 0.0804. The van der Waals surface area contributed by atoms with Gasteiger partial charge in [0.15, 0.2) is 5.84 Å². The highest BCUT2D eigenvalue weighted by Crippen LogP contribution is 2.36. The summed E-state index contributed by atoms with van der Waals surface area (Å²) in [6.07, 6.45) is 0.718. The van der Waals surface area contributed by atoms with E-state index in [0.29, 0.717) is 23.4 Å². The number of sulfonamides is 1. The largest absolute Gasteiger partial charge is 0.506 e. The molecule has 0 atom stereocenters. The zero-order valence-corrected chi connectivity index (χ0v) is 17.3. The van der Waals surface area contributed by atoms with Crippen molar-refractivity contribution in [3.05, 3.63) is 58.4 Å². The Hall–Kier alpha value is -3.33. The molecule has 0 amide bonds. The van der Waals surface area contributed by atoms with Gasteiger partial charge in [0.1, 0.15) is 27.6 Å². The lowest BCUT2D eigenvalue weighted by Gasteiger charge is -2.21. The van der Waals surface area contributed by atoms with Crippen molar-refractivity contribution >= 4 is 32.4 Å². The quantitative estimate of drug-likeness (QED) is 0.551. The Kier molecular flexibility index (Phi) is 4.77. The molecule has 0 radical (unpaired) electrons. The van der Waals surface area contributed by atoms with E-state index in [1.54, 1.807) is 24.3 Å². The molecule has 0 saturated heterocycles. The molecule has 0 bridgehead atoms. The van der Waals surface area contributed by atoms with Crippen LogP contribution in [0.2, 0.25) is 0 Å². The summed E-state index contributed by atoms with van der Waals surface area (Å²) in [6, 6.07) is 10.9. The van der Waals surface area contributed by atoms with Gasteiger partial charge in [-0.2, -0.15) is 8.42 Å². The zero-order valence-electron chi connectivity index (χ0n) is 16.5. The van der Waals surface area contributed by atoms with Crippen molar-refractivity contribution in [2.45, 2.75) is 31.7 Å². The standard InChI is InChI=1S/C21H21N3O5S/c1-12(2)10-11-24-14-7-4-3-6-13(14)19(26)17(21(24)27)20-22-18-15(25)8-5-9-16(18)30(28,29)23-20/h3-9,12,25-26H,10-11H2,1-2H3,(H,22,23). The maximum absolute atomic E-state index is 13.3. The number of rotatable bonds is 4. The third kappa shape index (κ3) is 3.21. The van der Waals surface area contributed by atoms with E-state index in [0.717, 1.165) is 6.42 Å². The number of phenols is 1. The zero-order chi connectivity index (χ0) is 21.6. The first kappa shape index (κ1) is 20.0. The summed E-state index contributed by atoms with van der Waals surface area (Å²) in [5.74, 6) is -0.654. The molecular weight excluding hydrogens is 406 g/mol. The normalized spacial score (nSPS) is 15.0. The Morgan fingerprint density at radius 3 is 2.57 bits per heavy atom. The van der Waals surface area contributed by atoms with Crippen LogP contribution in [0.3, 0.4) is 0 Å². The Morgan fingerprint density at radius 1 is 1.10 bits per heavy atom. The molecule has 0 aliphatic carbocycles. The van der Waals surface area contributed by atoms with Crippen LogP contribution in [0, 0.1) is 5.92 Å². The van der Waals surface area contributed by atoms with Crippen molar-refractivity contribution in [1.82, 2.24) is 4.57 Å². The Bertz CT molecular complexity index is 1360. The first-order chi connectivity index (χ1) is 14.2. The van der Waals surface area contributed by atoms with Crippen LogP contribution in [-0.4, -0.2) is 29.0 Å². The Labute approximate surface area is 173 Å². The molecule has 8 nitrogen and oxygen atoms in total. The number of pyridine rings is 1. The number of aryl methyl sites for hydroxylation is 1. The number of amidine groups is 1. The lowest BCUT2D eigenvalue weighted by atomic mass is 10.1. The number of nitrogens with zero attached hydrogens (tertiary/aromatic N) is 2. The first-order valence-corrected chi connectivity index (χ1v) is 10.9. The van der Waals surface area contributed by atoms with Crippen LogP contribution in [0.5, 0.6) is 11.5 Å². The maximum atomic E-state index is 13.3. The minimum Gasteiger partial charge on any atom is -0.506 e. The van der Waals surface area contributed by atoms with Crippen LogP contribution in [0.1, 0.15) is 25.8 Å². The summed E-state index contributed by atoms with van der Waals surface area (Å²) in [4.78, 5) is 13.1. The monoisotopic (exact) mass is 427 g/mol. The molecule has 0 fully saturated rings. The number of aromatic nitrogens is 1. The number of phenolic OH excluding ortho intramolecular Hbond substituents is 1. The van der Waals surface area contributed by atoms with Crippen molar-refractivity contribution in [3.63, 3.8) is 0 Å². The molecule has 156 valence electrons. The van der Waals surface area contributed by atoms with Gasteiger partial charge < -0.3 is 20.1 Å². The molecule has 0 spiro atoms. The fraction of sp³-hybridized carbons (Fsp3) is 0.238. The highest BCUT2D eigenvalue weighted by Gasteiger charge is 2.31. The molecule has 1 aliphatic heterocycles. The molecule has 2 heterocycles. The predicted molar refractivity (Wildman–Crippen MR) is 115 cm³/mol. The average molecular weight is 427 g/mol. The number of nitrogens with one attached hydrogen (secondary N) is 1. The smallest absolute Gasteiger partial charge is 0.286 e. The number of benzene rings is 2. The molecule has 1 aliphatic rings. The van der Waals surface area contributed by atoms with E-state index in [2.05, 4.69) is 9.71 Å². The molecule has 30 heavy (non-hydrogen) atoms. The van der Waals surface area contributed by atoms with Gasteiger partial charge in [0.25, 0.3) is 15.6 Å².